The highest BCUT2D eigenvalue weighted by molar-refractivity contribution is 7.11. The maximum absolute atomic E-state index is 13.9. The fourth-order valence-corrected chi connectivity index (χ4v) is 5.25. The molecule has 1 aromatic heterocycles. The second-order valence-corrected chi connectivity index (χ2v) is 10.00. The lowest BCUT2D eigenvalue weighted by molar-refractivity contribution is -0.123. The summed E-state index contributed by atoms with van der Waals surface area (Å²) in [7, 11) is 1.58. The minimum atomic E-state index is -0.948. The molecule has 6 nitrogen and oxygen atoms in total. The van der Waals surface area contributed by atoms with Crippen LogP contribution >= 0.6 is 34.7 Å². The van der Waals surface area contributed by atoms with Gasteiger partial charge < -0.3 is 10.1 Å². The van der Waals surface area contributed by atoms with Crippen molar-refractivity contribution >= 4 is 52.2 Å². The van der Waals surface area contributed by atoms with E-state index >= 15 is 0 Å². The van der Waals surface area contributed by atoms with Gasteiger partial charge in [0.1, 0.15) is 21.2 Å². The van der Waals surface area contributed by atoms with Gasteiger partial charge in [-0.25, -0.2) is 0 Å². The lowest BCUT2D eigenvalue weighted by Crippen LogP contribution is -2.46. The fraction of sp³-hybridized carbons (Fsp3) is 0.320. The average molecular weight is 518 g/mol. The number of amides is 2. The number of nitrogens with one attached hydrogen (secondary N) is 1. The van der Waals surface area contributed by atoms with E-state index in [1.807, 2.05) is 31.2 Å². The average Bonchev–Trinajstić information content (AvgIpc) is 3.47. The van der Waals surface area contributed by atoms with Crippen LogP contribution < -0.4 is 15.0 Å². The van der Waals surface area contributed by atoms with E-state index in [1.54, 1.807) is 31.4 Å². The van der Waals surface area contributed by atoms with Crippen LogP contribution in [0.2, 0.25) is 9.36 Å². The van der Waals surface area contributed by atoms with E-state index < -0.39 is 11.9 Å². The summed E-state index contributed by atoms with van der Waals surface area (Å²) in [5, 5.41) is 3.24. The van der Waals surface area contributed by atoms with Gasteiger partial charge >= 0.3 is 0 Å². The zero-order chi connectivity index (χ0) is 24.2. The molecule has 0 radical (unpaired) electrons. The first kappa shape index (κ1) is 24.5. The van der Waals surface area contributed by atoms with E-state index in [4.69, 9.17) is 27.9 Å². The van der Waals surface area contributed by atoms with Gasteiger partial charge in [0.15, 0.2) is 5.69 Å². The standard InChI is InChI=1S/C25H25Cl2N3O3S/c1-15-7-3-6-10-19(15)30(25(32)21-20(26)23(27)34-29-21)22(16-11-13-18(33-2)14-12-16)24(31)28-17-8-4-5-9-17/h3,6-7,10-14,17,22H,4-5,8-9H2,1-2H3,(H,28,31)/t22-/m1/s1. The van der Waals surface area contributed by atoms with Gasteiger partial charge in [0, 0.05) is 11.7 Å². The Bertz CT molecular complexity index is 1180. The predicted octanol–water partition coefficient (Wildman–Crippen LogP) is 6.21. The first-order valence-corrected chi connectivity index (χ1v) is 12.6. The predicted molar refractivity (Wildman–Crippen MR) is 136 cm³/mol. The molecule has 3 aromatic rings. The van der Waals surface area contributed by atoms with Crippen molar-refractivity contribution in [2.24, 2.45) is 0 Å². The normalized spacial score (nSPS) is 14.6. The monoisotopic (exact) mass is 517 g/mol. The zero-order valence-corrected chi connectivity index (χ0v) is 21.2. The lowest BCUT2D eigenvalue weighted by Gasteiger charge is -2.33. The van der Waals surface area contributed by atoms with Crippen LogP contribution in [0.25, 0.3) is 0 Å². The zero-order valence-electron chi connectivity index (χ0n) is 18.9. The van der Waals surface area contributed by atoms with Gasteiger partial charge in [0.25, 0.3) is 5.91 Å². The summed E-state index contributed by atoms with van der Waals surface area (Å²) in [6.45, 7) is 1.89. The summed E-state index contributed by atoms with van der Waals surface area (Å²) in [5.41, 5.74) is 2.09. The molecule has 178 valence electrons. The number of aromatic nitrogens is 1. The first-order chi connectivity index (χ1) is 16.4. The number of nitrogens with zero attached hydrogens (tertiary/aromatic N) is 2. The Morgan fingerprint density at radius 3 is 2.38 bits per heavy atom. The Morgan fingerprint density at radius 2 is 1.79 bits per heavy atom. The van der Waals surface area contributed by atoms with Gasteiger partial charge in [-0.15, -0.1) is 0 Å². The summed E-state index contributed by atoms with van der Waals surface area (Å²) in [4.78, 5) is 29.2. The van der Waals surface area contributed by atoms with Crippen LogP contribution in [0.3, 0.4) is 0 Å². The molecule has 34 heavy (non-hydrogen) atoms. The topological polar surface area (TPSA) is 71.5 Å². The molecule has 0 bridgehead atoms. The molecule has 0 aliphatic heterocycles. The smallest absolute Gasteiger partial charge is 0.280 e. The van der Waals surface area contributed by atoms with Gasteiger partial charge in [0.05, 0.1) is 7.11 Å². The molecule has 2 amide bonds. The minimum absolute atomic E-state index is 0.0205. The molecular formula is C25H25Cl2N3O3S. The number of hydrogen-bond acceptors (Lipinski definition) is 5. The van der Waals surface area contributed by atoms with Crippen LogP contribution in [0.5, 0.6) is 5.75 Å². The van der Waals surface area contributed by atoms with E-state index in [2.05, 4.69) is 9.69 Å². The minimum Gasteiger partial charge on any atom is -0.497 e. The Morgan fingerprint density at radius 1 is 1.12 bits per heavy atom. The number of halogens is 2. The van der Waals surface area contributed by atoms with E-state index in [1.165, 1.54) is 4.90 Å². The highest BCUT2D eigenvalue weighted by Gasteiger charge is 2.37. The van der Waals surface area contributed by atoms with Crippen LogP contribution in [0.4, 0.5) is 5.69 Å². The van der Waals surface area contributed by atoms with Gasteiger partial charge in [0.2, 0.25) is 5.91 Å². The van der Waals surface area contributed by atoms with Crippen LogP contribution in [-0.4, -0.2) is 29.3 Å². The maximum atomic E-state index is 13.9. The third kappa shape index (κ3) is 5.06. The highest BCUT2D eigenvalue weighted by Crippen LogP contribution is 2.36. The van der Waals surface area contributed by atoms with Crippen molar-refractivity contribution in [3.05, 3.63) is 74.7 Å². The van der Waals surface area contributed by atoms with E-state index in [0.717, 1.165) is 42.8 Å². The highest BCUT2D eigenvalue weighted by atomic mass is 35.5. The molecule has 1 heterocycles. The molecule has 4 rings (SSSR count). The molecule has 0 unspecified atom stereocenters. The van der Waals surface area contributed by atoms with Crippen LogP contribution in [0.1, 0.15) is 53.3 Å². The Kier molecular flexibility index (Phi) is 7.76. The SMILES string of the molecule is COc1ccc([C@H](C(=O)NC2CCCC2)N(C(=O)c2nsc(Cl)c2Cl)c2ccccc2C)cc1. The summed E-state index contributed by atoms with van der Waals surface area (Å²) < 4.78 is 9.71. The molecule has 0 saturated heterocycles. The first-order valence-electron chi connectivity index (χ1n) is 11.0. The van der Waals surface area contributed by atoms with Crippen molar-refractivity contribution in [3.63, 3.8) is 0 Å². The van der Waals surface area contributed by atoms with Crippen molar-refractivity contribution in [1.82, 2.24) is 9.69 Å². The molecule has 2 aromatic carbocycles. The molecule has 9 heteroatoms. The van der Waals surface area contributed by atoms with Gasteiger partial charge in [-0.1, -0.05) is 66.4 Å². The molecule has 1 atom stereocenters. The summed E-state index contributed by atoms with van der Waals surface area (Å²) in [6, 6.07) is 13.7. The number of ether oxygens (including phenoxy) is 1. The van der Waals surface area contributed by atoms with Crippen LogP contribution in [0, 0.1) is 6.92 Å². The van der Waals surface area contributed by atoms with Crippen molar-refractivity contribution in [2.75, 3.05) is 12.0 Å². The number of aryl methyl sites for hydroxylation is 1. The number of hydrogen-bond donors (Lipinski definition) is 1. The number of anilines is 1. The van der Waals surface area contributed by atoms with Crippen LogP contribution in [0.15, 0.2) is 48.5 Å². The van der Waals surface area contributed by atoms with Crippen molar-refractivity contribution < 1.29 is 14.3 Å². The van der Waals surface area contributed by atoms with E-state index in [-0.39, 0.29) is 27.0 Å². The molecule has 1 aliphatic rings. The van der Waals surface area contributed by atoms with E-state index in [9.17, 15) is 9.59 Å². The third-order valence-electron chi connectivity index (χ3n) is 6.03. The van der Waals surface area contributed by atoms with Gasteiger partial charge in [-0.2, -0.15) is 4.37 Å². The third-order valence-corrected chi connectivity index (χ3v) is 7.64. The van der Waals surface area contributed by atoms with Crippen LogP contribution in [-0.2, 0) is 4.79 Å². The number of para-hydroxylation sites is 1. The van der Waals surface area contributed by atoms with Crippen molar-refractivity contribution in [3.8, 4) is 5.75 Å². The lowest BCUT2D eigenvalue weighted by atomic mass is 10.0. The molecule has 1 aliphatic carbocycles. The molecule has 1 fully saturated rings. The Hall–Kier alpha value is -2.61. The fourth-order valence-electron chi connectivity index (χ4n) is 4.26. The number of carbonyl (C=O) groups is 2. The molecule has 1 N–H and O–H groups in total. The van der Waals surface area contributed by atoms with Gasteiger partial charge in [-0.05, 0) is 60.6 Å². The molecule has 1 saturated carbocycles. The van der Waals surface area contributed by atoms with E-state index in [0.29, 0.717) is 17.0 Å². The largest absolute Gasteiger partial charge is 0.497 e. The second kappa shape index (κ2) is 10.8. The Labute approximate surface area is 213 Å². The summed E-state index contributed by atoms with van der Waals surface area (Å²) >= 11 is 13.4. The quantitative estimate of drug-likeness (QED) is 0.404. The van der Waals surface area contributed by atoms with Crippen molar-refractivity contribution in [2.45, 2.75) is 44.7 Å². The van der Waals surface area contributed by atoms with Crippen molar-refractivity contribution in [1.29, 1.82) is 0 Å². The number of carbonyl (C=O) groups excluding carboxylic acids is 2. The van der Waals surface area contributed by atoms with Gasteiger partial charge in [-0.3, -0.25) is 14.5 Å². The number of methoxy groups -OCH3 is 1. The number of rotatable bonds is 7. The number of benzene rings is 2. The second-order valence-electron chi connectivity index (χ2n) is 8.25. The summed E-state index contributed by atoms with van der Waals surface area (Å²) in [5.74, 6) is -0.0993. The Balaban J connectivity index is 1.85. The maximum Gasteiger partial charge on any atom is 0.280 e. The molecular weight excluding hydrogens is 493 g/mol. The molecule has 0 spiro atoms. The summed E-state index contributed by atoms with van der Waals surface area (Å²) in [6.07, 6.45) is 4.00.